The molecule has 3 aromatic heterocycles. The smallest absolute Gasteiger partial charge is 0.340 e. The van der Waals surface area contributed by atoms with Crippen LogP contribution in [0.25, 0.3) is 10.8 Å². The lowest BCUT2D eigenvalue weighted by atomic mass is 9.84. The molecule has 0 saturated carbocycles. The van der Waals surface area contributed by atoms with Crippen molar-refractivity contribution in [3.05, 3.63) is 47.4 Å². The lowest BCUT2D eigenvalue weighted by Gasteiger charge is -2.36. The zero-order chi connectivity index (χ0) is 24.9. The van der Waals surface area contributed by atoms with E-state index in [2.05, 4.69) is 15.3 Å². The number of cyclic esters (lactones) is 1. The molecule has 0 aromatic carbocycles. The second-order valence-electron chi connectivity index (χ2n) is 9.84. The highest BCUT2D eigenvalue weighted by atomic mass is 32.2. The molecule has 5 rings (SSSR count). The number of nitrogens with zero attached hydrogens (tertiary/aromatic N) is 3. The molecule has 184 valence electrons. The van der Waals surface area contributed by atoms with E-state index in [9.17, 15) is 9.35 Å². The molecule has 1 saturated heterocycles. The van der Waals surface area contributed by atoms with Gasteiger partial charge in [-0.15, -0.1) is 0 Å². The van der Waals surface area contributed by atoms with Crippen LogP contribution in [0.2, 0.25) is 0 Å². The number of aromatic nitrogens is 3. The van der Waals surface area contributed by atoms with Gasteiger partial charge in [-0.25, -0.2) is 19.7 Å². The van der Waals surface area contributed by atoms with Crippen LogP contribution in [0.1, 0.15) is 61.3 Å². The van der Waals surface area contributed by atoms with E-state index in [0.29, 0.717) is 46.9 Å². The minimum Gasteiger partial charge on any atom is -0.616 e. The van der Waals surface area contributed by atoms with Crippen molar-refractivity contribution in [2.75, 3.05) is 23.4 Å². The van der Waals surface area contributed by atoms with E-state index in [-0.39, 0.29) is 23.8 Å². The molecule has 0 amide bonds. The van der Waals surface area contributed by atoms with Gasteiger partial charge in [-0.1, -0.05) is 18.1 Å². The quantitative estimate of drug-likeness (QED) is 0.388. The monoisotopic (exact) mass is 495 g/mol. The van der Waals surface area contributed by atoms with Gasteiger partial charge >= 0.3 is 5.97 Å². The molecule has 9 nitrogen and oxygen atoms in total. The summed E-state index contributed by atoms with van der Waals surface area (Å²) in [7, 11) is 0. The first-order valence-electron chi connectivity index (χ1n) is 11.7. The Kier molecular flexibility index (Phi) is 6.06. The fraction of sp³-hybridized carbons (Fsp3) is 0.440. The molecule has 3 aromatic rings. The van der Waals surface area contributed by atoms with Gasteiger partial charge in [0.1, 0.15) is 35.3 Å². The van der Waals surface area contributed by atoms with Crippen LogP contribution >= 0.6 is 0 Å². The predicted molar refractivity (Wildman–Crippen MR) is 134 cm³/mol. The number of carbonyl (C=O) groups is 1. The first-order valence-corrected chi connectivity index (χ1v) is 13.1. The van der Waals surface area contributed by atoms with Gasteiger partial charge < -0.3 is 25.1 Å². The summed E-state index contributed by atoms with van der Waals surface area (Å²) in [6.07, 6.45) is 3.45. The number of ether oxygens (including phenoxy) is 2. The van der Waals surface area contributed by atoms with Crippen molar-refractivity contribution in [1.29, 1.82) is 0 Å². The van der Waals surface area contributed by atoms with E-state index < -0.39 is 16.8 Å². The lowest BCUT2D eigenvalue weighted by Crippen LogP contribution is -2.40. The maximum Gasteiger partial charge on any atom is 0.340 e. The van der Waals surface area contributed by atoms with Crippen LogP contribution in [-0.2, 0) is 15.9 Å². The summed E-state index contributed by atoms with van der Waals surface area (Å²) in [4.78, 5) is 26.1. The Morgan fingerprint density at radius 1 is 1.26 bits per heavy atom. The first-order chi connectivity index (χ1) is 16.6. The number of carbonyl (C=O) groups excluding carboxylic acids is 1. The summed E-state index contributed by atoms with van der Waals surface area (Å²) >= 11 is -0.718. The molecule has 10 heteroatoms. The highest BCUT2D eigenvalue weighted by molar-refractivity contribution is 7.92. The molecule has 2 atom stereocenters. The molecule has 3 N–H and O–H groups in total. The van der Waals surface area contributed by atoms with Crippen LogP contribution < -0.4 is 15.8 Å². The number of esters is 1. The Morgan fingerprint density at radius 3 is 2.74 bits per heavy atom. The van der Waals surface area contributed by atoms with E-state index in [0.717, 1.165) is 16.3 Å². The summed E-state index contributed by atoms with van der Waals surface area (Å²) in [6.45, 7) is 8.15. The molecule has 0 radical (unpaired) electrons. The molecular formula is C25H29N5O4S. The Morgan fingerprint density at radius 2 is 2.03 bits per heavy atom. The first kappa shape index (κ1) is 23.8. The maximum atomic E-state index is 12.4. The van der Waals surface area contributed by atoms with Crippen molar-refractivity contribution >= 4 is 39.6 Å². The van der Waals surface area contributed by atoms with Gasteiger partial charge in [0.05, 0.1) is 22.6 Å². The molecule has 2 unspecified atom stereocenters. The highest BCUT2D eigenvalue weighted by Gasteiger charge is 2.40. The predicted octanol–water partition coefficient (Wildman–Crippen LogP) is 3.60. The SMILES string of the molecule is CC(N)c1cnc(OCC2C[S+]([O-])C2)c2cnc(Nc3ccc4c(n3)C(C)C(C)(C)OC4=O)cc12. The van der Waals surface area contributed by atoms with E-state index in [1.54, 1.807) is 24.5 Å². The van der Waals surface area contributed by atoms with Crippen molar-refractivity contribution in [3.8, 4) is 5.88 Å². The number of nitrogens with two attached hydrogens (primary N) is 1. The molecule has 0 spiro atoms. The van der Waals surface area contributed by atoms with Crippen LogP contribution in [0.5, 0.6) is 5.88 Å². The van der Waals surface area contributed by atoms with Crippen LogP contribution in [0.4, 0.5) is 11.6 Å². The number of nitrogens with one attached hydrogen (secondary N) is 1. The van der Waals surface area contributed by atoms with Crippen molar-refractivity contribution in [2.45, 2.75) is 45.3 Å². The van der Waals surface area contributed by atoms with Gasteiger partial charge in [-0.05, 0) is 49.9 Å². The maximum absolute atomic E-state index is 12.4. The Hall–Kier alpha value is -2.95. The fourth-order valence-corrected chi connectivity index (χ4v) is 5.48. The zero-order valence-electron chi connectivity index (χ0n) is 20.2. The van der Waals surface area contributed by atoms with E-state index in [4.69, 9.17) is 20.2 Å². The normalized spacial score (nSPS) is 23.7. The Bertz CT molecular complexity index is 1290. The summed E-state index contributed by atoms with van der Waals surface area (Å²) < 4.78 is 22.9. The fourth-order valence-electron chi connectivity index (χ4n) is 4.34. The van der Waals surface area contributed by atoms with Gasteiger partial charge in [-0.2, -0.15) is 0 Å². The lowest BCUT2D eigenvalue weighted by molar-refractivity contribution is -0.0189. The molecule has 0 aliphatic carbocycles. The van der Waals surface area contributed by atoms with E-state index in [1.807, 2.05) is 33.8 Å². The topological polar surface area (TPSA) is 135 Å². The summed E-state index contributed by atoms with van der Waals surface area (Å²) in [5.41, 5.74) is 7.64. The Labute approximate surface area is 207 Å². The third kappa shape index (κ3) is 4.53. The Balaban J connectivity index is 1.45. The number of rotatable bonds is 6. The van der Waals surface area contributed by atoms with Crippen molar-refractivity contribution in [2.24, 2.45) is 11.7 Å². The van der Waals surface area contributed by atoms with Crippen molar-refractivity contribution in [3.63, 3.8) is 0 Å². The van der Waals surface area contributed by atoms with Crippen LogP contribution in [0, 0.1) is 5.92 Å². The second kappa shape index (κ2) is 8.92. The zero-order valence-corrected chi connectivity index (χ0v) is 21.0. The number of anilines is 2. The van der Waals surface area contributed by atoms with Crippen molar-refractivity contribution in [1.82, 2.24) is 15.0 Å². The number of pyridine rings is 3. The number of hydrogen-bond donors (Lipinski definition) is 2. The standard InChI is InChI=1S/C25H29N5O4S/c1-13-22-16(24(31)34-25(13,3)4)5-6-20(30-22)29-21-7-17-18(14(2)26)8-28-23(19(17)9-27-21)33-10-15-11-35(32)12-15/h5-9,13-15H,10-12,26H2,1-4H3,(H,27,29,30). The van der Waals surface area contributed by atoms with Gasteiger partial charge in [-0.3, -0.25) is 0 Å². The molecule has 0 bridgehead atoms. The van der Waals surface area contributed by atoms with E-state index >= 15 is 0 Å². The third-order valence-electron chi connectivity index (χ3n) is 6.77. The van der Waals surface area contributed by atoms with Gasteiger partial charge in [0.2, 0.25) is 5.88 Å². The molecule has 2 aliphatic heterocycles. The minimum atomic E-state index is -0.718. The average Bonchev–Trinajstić information content (AvgIpc) is 2.79. The number of hydrogen-bond acceptors (Lipinski definition) is 9. The van der Waals surface area contributed by atoms with Crippen molar-refractivity contribution < 1.29 is 18.8 Å². The largest absolute Gasteiger partial charge is 0.616 e. The van der Waals surface area contributed by atoms with Gasteiger partial charge in [0.25, 0.3) is 0 Å². The summed E-state index contributed by atoms with van der Waals surface area (Å²) in [5.74, 6) is 2.86. The van der Waals surface area contributed by atoms with Crippen LogP contribution in [0.3, 0.4) is 0 Å². The summed E-state index contributed by atoms with van der Waals surface area (Å²) in [6, 6.07) is 5.15. The van der Waals surface area contributed by atoms with E-state index in [1.165, 1.54) is 0 Å². The van der Waals surface area contributed by atoms with Crippen LogP contribution in [-0.4, -0.2) is 49.2 Å². The number of fused-ring (bicyclic) bond motifs is 2. The van der Waals surface area contributed by atoms with Crippen LogP contribution in [0.15, 0.2) is 30.6 Å². The average molecular weight is 496 g/mol. The summed E-state index contributed by atoms with van der Waals surface area (Å²) in [5, 5.41) is 4.91. The van der Waals surface area contributed by atoms with Gasteiger partial charge in [0, 0.05) is 24.4 Å². The van der Waals surface area contributed by atoms with Gasteiger partial charge in [0.15, 0.2) is 0 Å². The molecular weight excluding hydrogens is 466 g/mol. The highest BCUT2D eigenvalue weighted by Crippen LogP contribution is 2.38. The molecule has 1 fully saturated rings. The third-order valence-corrected chi connectivity index (χ3v) is 8.45. The minimum absolute atomic E-state index is 0.0647. The second-order valence-corrected chi connectivity index (χ2v) is 11.4. The molecule has 35 heavy (non-hydrogen) atoms. The molecule has 5 heterocycles. The molecule has 2 aliphatic rings.